The van der Waals surface area contributed by atoms with Crippen molar-refractivity contribution in [3.8, 4) is 5.75 Å². The minimum Gasteiger partial charge on any atom is -0.495 e. The highest BCUT2D eigenvalue weighted by Gasteiger charge is 2.25. The van der Waals surface area contributed by atoms with E-state index in [0.29, 0.717) is 43.4 Å². The zero-order valence-electron chi connectivity index (χ0n) is 15.3. The average Bonchev–Trinajstić information content (AvgIpc) is 2.72. The van der Waals surface area contributed by atoms with Gasteiger partial charge in [0.1, 0.15) is 5.75 Å². The van der Waals surface area contributed by atoms with Gasteiger partial charge in [-0.15, -0.1) is 0 Å². The topological polar surface area (TPSA) is 49.9 Å². The number of ether oxygens (including phenoxy) is 1. The molecular formula is C21H23ClN2O3. The van der Waals surface area contributed by atoms with Gasteiger partial charge in [0, 0.05) is 38.5 Å². The van der Waals surface area contributed by atoms with Crippen LogP contribution in [0.4, 0.5) is 0 Å². The van der Waals surface area contributed by atoms with Crippen LogP contribution in [0.3, 0.4) is 0 Å². The molecule has 0 bridgehead atoms. The monoisotopic (exact) mass is 386 g/mol. The van der Waals surface area contributed by atoms with Crippen LogP contribution in [0.2, 0.25) is 5.02 Å². The third kappa shape index (κ3) is 4.61. The lowest BCUT2D eigenvalue weighted by Crippen LogP contribution is -2.48. The van der Waals surface area contributed by atoms with Gasteiger partial charge in [0.15, 0.2) is 0 Å². The van der Waals surface area contributed by atoms with Gasteiger partial charge in [-0.05, 0) is 23.3 Å². The summed E-state index contributed by atoms with van der Waals surface area (Å²) in [6.45, 7) is 2.31. The molecule has 2 aromatic rings. The lowest BCUT2D eigenvalue weighted by atomic mass is 9.88. The quantitative estimate of drug-likeness (QED) is 0.716. The minimum atomic E-state index is -0.0915. The van der Waals surface area contributed by atoms with Crippen molar-refractivity contribution >= 4 is 23.9 Å². The first-order valence-corrected chi connectivity index (χ1v) is 9.35. The molecule has 0 radical (unpaired) electrons. The van der Waals surface area contributed by atoms with Crippen molar-refractivity contribution < 1.29 is 14.3 Å². The van der Waals surface area contributed by atoms with Crippen molar-refractivity contribution in [2.75, 3.05) is 33.3 Å². The molecule has 0 aromatic heterocycles. The Morgan fingerprint density at radius 3 is 2.41 bits per heavy atom. The molecule has 0 spiro atoms. The van der Waals surface area contributed by atoms with Crippen molar-refractivity contribution in [2.24, 2.45) is 0 Å². The van der Waals surface area contributed by atoms with Crippen LogP contribution < -0.4 is 4.74 Å². The van der Waals surface area contributed by atoms with E-state index in [-0.39, 0.29) is 11.8 Å². The van der Waals surface area contributed by atoms with Gasteiger partial charge in [0.25, 0.3) is 0 Å². The summed E-state index contributed by atoms with van der Waals surface area (Å²) in [6, 6.07) is 15.6. The van der Waals surface area contributed by atoms with Crippen LogP contribution in [0.25, 0.3) is 0 Å². The lowest BCUT2D eigenvalue weighted by Gasteiger charge is -2.33. The van der Waals surface area contributed by atoms with E-state index in [1.165, 1.54) is 0 Å². The van der Waals surface area contributed by atoms with Crippen LogP contribution in [0.15, 0.2) is 48.5 Å². The first-order valence-electron chi connectivity index (χ1n) is 8.98. The Labute approximate surface area is 164 Å². The highest BCUT2D eigenvalue weighted by Crippen LogP contribution is 2.34. The molecular weight excluding hydrogens is 364 g/mol. The summed E-state index contributed by atoms with van der Waals surface area (Å²) >= 11 is 6.32. The second-order valence-corrected chi connectivity index (χ2v) is 6.99. The van der Waals surface area contributed by atoms with E-state index in [1.807, 2.05) is 53.4 Å². The van der Waals surface area contributed by atoms with Gasteiger partial charge < -0.3 is 14.5 Å². The van der Waals surface area contributed by atoms with E-state index in [4.69, 9.17) is 16.3 Å². The standard InChI is InChI=1S/C21H23ClN2O3/c1-27-20-8-7-17(13-19(20)22)18(16-5-3-2-4-6-16)14-21(26)24-11-9-23(15-25)10-12-24/h2-8,13,15,18H,9-12,14H2,1H3. The predicted octanol–water partition coefficient (Wildman–Crippen LogP) is 3.17. The molecule has 0 saturated carbocycles. The van der Waals surface area contributed by atoms with Gasteiger partial charge >= 0.3 is 0 Å². The number of benzene rings is 2. The Balaban J connectivity index is 1.82. The summed E-state index contributed by atoms with van der Waals surface area (Å²) in [5.74, 6) is 0.607. The van der Waals surface area contributed by atoms with E-state index >= 15 is 0 Å². The second kappa shape index (κ2) is 8.91. The summed E-state index contributed by atoms with van der Waals surface area (Å²) < 4.78 is 5.24. The van der Waals surface area contributed by atoms with Gasteiger partial charge in [0.2, 0.25) is 12.3 Å². The zero-order valence-corrected chi connectivity index (χ0v) is 16.1. The number of nitrogens with zero attached hydrogens (tertiary/aromatic N) is 2. The van der Waals surface area contributed by atoms with Gasteiger partial charge in [-0.3, -0.25) is 9.59 Å². The molecule has 6 heteroatoms. The molecule has 0 aliphatic carbocycles. The van der Waals surface area contributed by atoms with Crippen molar-refractivity contribution in [1.82, 2.24) is 9.80 Å². The number of hydrogen-bond donors (Lipinski definition) is 0. The first kappa shape index (κ1) is 19.2. The summed E-state index contributed by atoms with van der Waals surface area (Å²) in [5.41, 5.74) is 2.05. The normalized spacial score (nSPS) is 15.3. The Morgan fingerprint density at radius 2 is 1.81 bits per heavy atom. The molecule has 3 rings (SSSR count). The molecule has 1 aliphatic rings. The van der Waals surface area contributed by atoms with Crippen molar-refractivity contribution in [1.29, 1.82) is 0 Å². The summed E-state index contributed by atoms with van der Waals surface area (Å²) in [4.78, 5) is 27.3. The second-order valence-electron chi connectivity index (χ2n) is 6.58. The van der Waals surface area contributed by atoms with E-state index < -0.39 is 0 Å². The molecule has 1 heterocycles. The largest absolute Gasteiger partial charge is 0.495 e. The number of methoxy groups -OCH3 is 1. The van der Waals surface area contributed by atoms with Crippen LogP contribution in [-0.2, 0) is 9.59 Å². The smallest absolute Gasteiger partial charge is 0.223 e. The van der Waals surface area contributed by atoms with Crippen LogP contribution in [-0.4, -0.2) is 55.4 Å². The Hall–Kier alpha value is -2.53. The number of hydrogen-bond acceptors (Lipinski definition) is 3. The van der Waals surface area contributed by atoms with Gasteiger partial charge in [-0.2, -0.15) is 0 Å². The fourth-order valence-corrected chi connectivity index (χ4v) is 3.66. The van der Waals surface area contributed by atoms with Gasteiger partial charge in [-0.25, -0.2) is 0 Å². The first-order chi connectivity index (χ1) is 13.1. The number of rotatable bonds is 6. The highest BCUT2D eigenvalue weighted by molar-refractivity contribution is 6.32. The summed E-state index contributed by atoms with van der Waals surface area (Å²) in [7, 11) is 1.58. The number of amides is 2. The minimum absolute atomic E-state index is 0.0846. The molecule has 1 saturated heterocycles. The molecule has 5 nitrogen and oxygen atoms in total. The third-order valence-corrected chi connectivity index (χ3v) is 5.27. The molecule has 1 unspecified atom stereocenters. The highest BCUT2D eigenvalue weighted by atomic mass is 35.5. The Morgan fingerprint density at radius 1 is 1.11 bits per heavy atom. The van der Waals surface area contributed by atoms with Crippen molar-refractivity contribution in [3.63, 3.8) is 0 Å². The van der Waals surface area contributed by atoms with Crippen LogP contribution in [0.5, 0.6) is 5.75 Å². The van der Waals surface area contributed by atoms with Crippen LogP contribution in [0, 0.1) is 0 Å². The lowest BCUT2D eigenvalue weighted by molar-refractivity contribution is -0.135. The molecule has 0 N–H and O–H groups in total. The van der Waals surface area contributed by atoms with Crippen molar-refractivity contribution in [2.45, 2.75) is 12.3 Å². The van der Waals surface area contributed by atoms with Gasteiger partial charge in [0.05, 0.1) is 12.1 Å². The molecule has 1 atom stereocenters. The van der Waals surface area contributed by atoms with Crippen LogP contribution in [0.1, 0.15) is 23.5 Å². The number of halogens is 1. The molecule has 2 aromatic carbocycles. The summed E-state index contributed by atoms with van der Waals surface area (Å²) in [6.07, 6.45) is 1.20. The SMILES string of the molecule is COc1ccc(C(CC(=O)N2CCN(C=O)CC2)c2ccccc2)cc1Cl. The zero-order chi connectivity index (χ0) is 19.2. The molecule has 142 valence electrons. The average molecular weight is 387 g/mol. The number of carbonyl (C=O) groups is 2. The molecule has 2 amide bonds. The van der Waals surface area contributed by atoms with Gasteiger partial charge in [-0.1, -0.05) is 48.0 Å². The maximum atomic E-state index is 12.9. The third-order valence-electron chi connectivity index (χ3n) is 4.97. The van der Waals surface area contributed by atoms with E-state index in [0.717, 1.165) is 17.5 Å². The molecule has 1 aliphatic heterocycles. The number of piperazine rings is 1. The van der Waals surface area contributed by atoms with E-state index in [9.17, 15) is 9.59 Å². The van der Waals surface area contributed by atoms with Crippen molar-refractivity contribution in [3.05, 3.63) is 64.7 Å². The predicted molar refractivity (Wildman–Crippen MR) is 105 cm³/mol. The van der Waals surface area contributed by atoms with Crippen LogP contribution >= 0.6 is 11.6 Å². The van der Waals surface area contributed by atoms with E-state index in [2.05, 4.69) is 0 Å². The fraction of sp³-hybridized carbons (Fsp3) is 0.333. The Bertz CT molecular complexity index is 789. The van der Waals surface area contributed by atoms with E-state index in [1.54, 1.807) is 12.0 Å². The fourth-order valence-electron chi connectivity index (χ4n) is 3.39. The molecule has 1 fully saturated rings. The Kier molecular flexibility index (Phi) is 6.35. The maximum absolute atomic E-state index is 12.9. The number of carbonyl (C=O) groups excluding carboxylic acids is 2. The summed E-state index contributed by atoms with van der Waals surface area (Å²) in [5, 5.41) is 0.531. The molecule has 27 heavy (non-hydrogen) atoms. The maximum Gasteiger partial charge on any atom is 0.223 e.